The molecule has 0 saturated carbocycles. The molecule has 6 atom stereocenters. The van der Waals surface area contributed by atoms with Crippen LogP contribution >= 0.6 is 0 Å². The van der Waals surface area contributed by atoms with Gasteiger partial charge >= 0.3 is 16.4 Å². The summed E-state index contributed by atoms with van der Waals surface area (Å²) in [6.45, 7) is 3.79. The highest BCUT2D eigenvalue weighted by atomic mass is 32.3. The summed E-state index contributed by atoms with van der Waals surface area (Å²) in [4.78, 5) is 12.8. The first-order valence-corrected chi connectivity index (χ1v) is 24.4. The molecule has 0 aromatic heterocycles. The van der Waals surface area contributed by atoms with Crippen molar-refractivity contribution in [1.82, 2.24) is 0 Å². The van der Waals surface area contributed by atoms with Crippen molar-refractivity contribution in [3.8, 4) is 0 Å². The van der Waals surface area contributed by atoms with Crippen LogP contribution < -0.4 is 0 Å². The number of carbonyl (C=O) groups is 1. The molecular weight excluding hydrogens is 789 g/mol. The Morgan fingerprint density at radius 3 is 1.68 bits per heavy atom. The van der Waals surface area contributed by atoms with E-state index in [-0.39, 0.29) is 19.6 Å². The summed E-state index contributed by atoms with van der Waals surface area (Å²) in [6.07, 6.45) is 38.3. The maximum atomic E-state index is 12.8. The van der Waals surface area contributed by atoms with E-state index in [0.717, 1.165) is 64.2 Å². The molecule has 0 spiro atoms. The molecule has 0 aromatic carbocycles. The lowest BCUT2D eigenvalue weighted by Gasteiger charge is -2.41. The monoisotopic (exact) mass is 871 g/mol. The zero-order valence-corrected chi connectivity index (χ0v) is 37.8. The van der Waals surface area contributed by atoms with Gasteiger partial charge in [0.05, 0.1) is 19.8 Å². The molecule has 12 nitrogen and oxygen atoms in total. The van der Waals surface area contributed by atoms with Crippen molar-refractivity contribution in [3.05, 3.63) is 60.8 Å². The lowest BCUT2D eigenvalue weighted by atomic mass is 9.99. The van der Waals surface area contributed by atoms with Gasteiger partial charge in [0.25, 0.3) is 0 Å². The van der Waals surface area contributed by atoms with Crippen LogP contribution in [-0.4, -0.2) is 97.5 Å². The van der Waals surface area contributed by atoms with Crippen molar-refractivity contribution in [1.29, 1.82) is 0 Å². The third-order valence-corrected chi connectivity index (χ3v) is 10.6. The second kappa shape index (κ2) is 38.5. The molecule has 6 unspecified atom stereocenters. The number of ether oxygens (including phenoxy) is 4. The summed E-state index contributed by atoms with van der Waals surface area (Å²) < 4.78 is 59.0. The van der Waals surface area contributed by atoms with Crippen LogP contribution in [0.2, 0.25) is 0 Å². The van der Waals surface area contributed by atoms with Gasteiger partial charge in [0.15, 0.2) is 6.29 Å². The number of carbonyl (C=O) groups excluding carboxylic acids is 1. The molecule has 0 aromatic rings. The summed E-state index contributed by atoms with van der Waals surface area (Å²) >= 11 is 0. The second-order valence-corrected chi connectivity index (χ2v) is 16.7. The van der Waals surface area contributed by atoms with Crippen LogP contribution in [0.1, 0.15) is 168 Å². The number of esters is 1. The average Bonchev–Trinajstić information content (AvgIpc) is 3.22. The third-order valence-electron chi connectivity index (χ3n) is 10.1. The Morgan fingerprint density at radius 1 is 0.650 bits per heavy atom. The topological polar surface area (TPSA) is 178 Å². The maximum absolute atomic E-state index is 12.8. The van der Waals surface area contributed by atoms with Crippen molar-refractivity contribution >= 4 is 16.4 Å². The summed E-state index contributed by atoms with van der Waals surface area (Å²) in [7, 11) is -5.07. The molecular formula is C47H82O12S. The van der Waals surface area contributed by atoms with Crippen LogP contribution in [0.4, 0.5) is 0 Å². The lowest BCUT2D eigenvalue weighted by molar-refractivity contribution is -0.301. The van der Waals surface area contributed by atoms with Crippen molar-refractivity contribution in [3.63, 3.8) is 0 Å². The fraction of sp³-hybridized carbons (Fsp3) is 0.766. The number of allylic oxidation sites excluding steroid dienone is 10. The minimum absolute atomic E-state index is 0.0195. The van der Waals surface area contributed by atoms with Gasteiger partial charge in [-0.05, 0) is 77.0 Å². The molecule has 1 aliphatic rings. The smallest absolute Gasteiger partial charge is 0.397 e. The highest BCUT2D eigenvalue weighted by Crippen LogP contribution is 2.26. The van der Waals surface area contributed by atoms with Gasteiger partial charge in [0.2, 0.25) is 0 Å². The van der Waals surface area contributed by atoms with Crippen LogP contribution in [-0.2, 0) is 38.3 Å². The summed E-state index contributed by atoms with van der Waals surface area (Å²) in [6, 6.07) is 0. The minimum Gasteiger partial charge on any atom is -0.457 e. The number of rotatable bonds is 39. The van der Waals surface area contributed by atoms with Crippen molar-refractivity contribution in [2.24, 2.45) is 0 Å². The Bertz CT molecular complexity index is 1280. The number of unbranched alkanes of at least 4 members (excludes halogenated alkanes) is 16. The molecule has 1 rings (SSSR count). The van der Waals surface area contributed by atoms with Gasteiger partial charge in [-0.2, -0.15) is 8.42 Å². The number of hydrogen-bond donors (Lipinski definition) is 4. The molecule has 1 saturated heterocycles. The number of hydrogen-bond acceptors (Lipinski definition) is 11. The van der Waals surface area contributed by atoms with Crippen LogP contribution in [0.25, 0.3) is 0 Å². The van der Waals surface area contributed by atoms with E-state index in [1.54, 1.807) is 0 Å². The zero-order chi connectivity index (χ0) is 43.9. The second-order valence-electron chi connectivity index (χ2n) is 15.6. The molecule has 1 heterocycles. The Labute approximate surface area is 363 Å². The van der Waals surface area contributed by atoms with E-state index in [4.69, 9.17) is 23.5 Å². The fourth-order valence-electron chi connectivity index (χ4n) is 6.66. The van der Waals surface area contributed by atoms with Crippen LogP contribution in [0, 0.1) is 0 Å². The fourth-order valence-corrected chi connectivity index (χ4v) is 7.17. The normalized spacial score (nSPS) is 20.8. The van der Waals surface area contributed by atoms with Crippen LogP contribution in [0.3, 0.4) is 0 Å². The molecule has 0 aliphatic carbocycles. The molecule has 0 radical (unpaired) electrons. The predicted molar refractivity (Wildman–Crippen MR) is 239 cm³/mol. The zero-order valence-electron chi connectivity index (χ0n) is 37.0. The van der Waals surface area contributed by atoms with Crippen molar-refractivity contribution < 1.29 is 56.2 Å². The molecule has 13 heteroatoms. The van der Waals surface area contributed by atoms with E-state index in [9.17, 15) is 28.5 Å². The Hall–Kier alpha value is -2.20. The predicted octanol–water partition coefficient (Wildman–Crippen LogP) is 9.74. The number of aliphatic hydroxyl groups is 3. The van der Waals surface area contributed by atoms with Gasteiger partial charge in [-0.3, -0.25) is 9.35 Å². The van der Waals surface area contributed by atoms with E-state index in [0.29, 0.717) is 13.0 Å². The van der Waals surface area contributed by atoms with E-state index in [1.165, 1.54) is 77.0 Å². The lowest BCUT2D eigenvalue weighted by Crippen LogP contribution is -2.60. The Kier molecular flexibility index (Phi) is 35.8. The quantitative estimate of drug-likeness (QED) is 0.0199. The Balaban J connectivity index is 2.41. The largest absolute Gasteiger partial charge is 0.457 e. The van der Waals surface area contributed by atoms with Gasteiger partial charge in [-0.25, -0.2) is 4.18 Å². The molecule has 1 aliphatic heterocycles. The van der Waals surface area contributed by atoms with Gasteiger partial charge in [0, 0.05) is 13.0 Å². The first-order valence-electron chi connectivity index (χ1n) is 23.0. The summed E-state index contributed by atoms with van der Waals surface area (Å²) in [5.41, 5.74) is 0. The molecule has 4 N–H and O–H groups in total. The van der Waals surface area contributed by atoms with E-state index < -0.39 is 59.8 Å². The standard InChI is InChI=1S/C47H82O12S/c1-3-5-7-9-11-13-15-17-18-19-20-21-22-23-25-27-29-31-33-35-37-55-39-41(40-56-47-45(51)46(59-60(52,53)54)44(50)42(38-48)58-47)57-43(49)36-34-32-30-28-26-24-16-14-12-10-8-6-4-2/h6,8,11-14,17-18,24,26,41-42,44-48,50-51H,3-5,7,9-10,15-16,19-23,25,27-40H2,1-2H3,(H,52,53,54)/b8-6-,13-11-,14-12-,18-17-,26-24-. The minimum atomic E-state index is -5.07. The highest BCUT2D eigenvalue weighted by molar-refractivity contribution is 7.80. The van der Waals surface area contributed by atoms with Gasteiger partial charge in [-0.1, -0.05) is 145 Å². The SMILES string of the molecule is CC/C=C\C/C=C\C/C=C\CCCCCC(=O)OC(COCCCCCCCCCCCC/C=C\C/C=C\CCCCC)COC1OC(CO)C(O)C(OS(=O)(=O)O)C1O. The average molecular weight is 871 g/mol. The van der Waals surface area contributed by atoms with Crippen LogP contribution in [0.5, 0.6) is 0 Å². The first kappa shape index (κ1) is 55.8. The van der Waals surface area contributed by atoms with E-state index >= 15 is 0 Å². The molecule has 0 bridgehead atoms. The van der Waals surface area contributed by atoms with Crippen molar-refractivity contribution in [2.75, 3.05) is 26.4 Å². The number of aliphatic hydroxyl groups excluding tert-OH is 3. The maximum Gasteiger partial charge on any atom is 0.397 e. The highest BCUT2D eigenvalue weighted by Gasteiger charge is 2.48. The summed E-state index contributed by atoms with van der Waals surface area (Å²) in [5, 5.41) is 30.7. The van der Waals surface area contributed by atoms with E-state index in [1.807, 2.05) is 0 Å². The summed E-state index contributed by atoms with van der Waals surface area (Å²) in [5.74, 6) is -0.431. The molecule has 0 amide bonds. The first-order chi connectivity index (χ1) is 29.1. The molecule has 348 valence electrons. The van der Waals surface area contributed by atoms with Gasteiger partial charge in [0.1, 0.15) is 30.5 Å². The third kappa shape index (κ3) is 31.6. The van der Waals surface area contributed by atoms with Gasteiger partial charge in [-0.15, -0.1) is 0 Å². The molecule has 60 heavy (non-hydrogen) atoms. The van der Waals surface area contributed by atoms with Gasteiger partial charge < -0.3 is 34.3 Å². The molecule has 1 fully saturated rings. The Morgan fingerprint density at radius 2 is 1.15 bits per heavy atom. The van der Waals surface area contributed by atoms with E-state index in [2.05, 4.69) is 78.8 Å². The van der Waals surface area contributed by atoms with Crippen LogP contribution in [0.15, 0.2) is 60.8 Å². The van der Waals surface area contributed by atoms with Crippen molar-refractivity contribution in [2.45, 2.75) is 205 Å².